The Morgan fingerprint density at radius 2 is 2.11 bits per heavy atom. The molecule has 0 spiro atoms. The molecule has 1 rings (SSSR count). The first-order valence-corrected chi connectivity index (χ1v) is 2.21. The van der Waals surface area contributed by atoms with E-state index in [0.717, 1.165) is 0 Å². The van der Waals surface area contributed by atoms with Gasteiger partial charge in [-0.2, -0.15) is 0 Å². The second kappa shape index (κ2) is 3.67. The van der Waals surface area contributed by atoms with Crippen LogP contribution in [0.3, 0.4) is 0 Å². The van der Waals surface area contributed by atoms with Crippen LogP contribution in [0.5, 0.6) is 0 Å². The van der Waals surface area contributed by atoms with Gasteiger partial charge in [0, 0.05) is 51.4 Å². The Bertz CT molecular complexity index is 147. The maximum absolute atomic E-state index is 10.3. The van der Waals surface area contributed by atoms with Gasteiger partial charge in [0.05, 0.1) is 0 Å². The number of alkyl carbamates (subject to hydrolysis) is 1. The van der Waals surface area contributed by atoms with Gasteiger partial charge in [-0.05, 0) is 6.92 Å². The molecule has 1 saturated heterocycles. The van der Waals surface area contributed by atoms with E-state index in [9.17, 15) is 9.59 Å². The average Bonchev–Trinajstić information content (AvgIpc) is 1.85. The summed E-state index contributed by atoms with van der Waals surface area (Å²) in [6.45, 7) is 1.51. The van der Waals surface area contributed by atoms with Crippen molar-refractivity contribution >= 4 is 63.4 Å². The molecule has 1 radical (unpaired) electrons. The van der Waals surface area contributed by atoms with Crippen molar-refractivity contribution in [3.8, 4) is 0 Å². The molecule has 0 aliphatic carbocycles. The van der Waals surface area contributed by atoms with Crippen LogP contribution in [0.25, 0.3) is 0 Å². The third kappa shape index (κ3) is 2.35. The number of nitrogens with one attached hydrogen (secondary N) is 1. The van der Waals surface area contributed by atoms with Crippen molar-refractivity contribution in [2.24, 2.45) is 0 Å². The van der Waals surface area contributed by atoms with Crippen molar-refractivity contribution < 1.29 is 14.3 Å². The Morgan fingerprint density at radius 1 is 1.56 bits per heavy atom. The summed E-state index contributed by atoms with van der Waals surface area (Å²) in [6, 6.07) is 0. The second-order valence-corrected chi connectivity index (χ2v) is 1.54. The second-order valence-electron chi connectivity index (χ2n) is 1.54. The van der Waals surface area contributed by atoms with Crippen LogP contribution in [0.1, 0.15) is 6.92 Å². The molecular formula is C4H5KNO3. The van der Waals surface area contributed by atoms with Crippen LogP contribution in [0, 0.1) is 0 Å². The fourth-order valence-corrected chi connectivity index (χ4v) is 0.446. The summed E-state index contributed by atoms with van der Waals surface area (Å²) in [5, 5.41) is 1.97. The molecule has 1 aliphatic heterocycles. The first-order valence-electron chi connectivity index (χ1n) is 2.21. The predicted molar refractivity (Wildman–Crippen MR) is 29.8 cm³/mol. The van der Waals surface area contributed by atoms with Gasteiger partial charge >= 0.3 is 6.09 Å². The van der Waals surface area contributed by atoms with Gasteiger partial charge in [0.15, 0.2) is 6.10 Å². The number of rotatable bonds is 0. The Labute approximate surface area is 94.7 Å². The first-order chi connectivity index (χ1) is 3.70. The largest absolute Gasteiger partial charge is 0.436 e. The Kier molecular flexibility index (Phi) is 3.91. The zero-order chi connectivity index (χ0) is 6.15. The number of imide groups is 1. The third-order valence-corrected chi connectivity index (χ3v) is 0.878. The molecule has 4 nitrogen and oxygen atoms in total. The minimum atomic E-state index is -0.650. The number of hydrogen-bond donors (Lipinski definition) is 1. The molecule has 1 fully saturated rings. The quantitative estimate of drug-likeness (QED) is 0.467. The van der Waals surface area contributed by atoms with Gasteiger partial charge in [-0.1, -0.05) is 0 Å². The third-order valence-electron chi connectivity index (χ3n) is 0.878. The number of carbonyl (C=O) groups excluding carboxylic acids is 2. The van der Waals surface area contributed by atoms with Crippen LogP contribution in [0.4, 0.5) is 4.79 Å². The molecule has 1 atom stereocenters. The van der Waals surface area contributed by atoms with Gasteiger partial charge in [-0.15, -0.1) is 0 Å². The van der Waals surface area contributed by atoms with Gasteiger partial charge < -0.3 is 4.74 Å². The molecule has 0 saturated carbocycles. The van der Waals surface area contributed by atoms with Crippen molar-refractivity contribution in [3.63, 3.8) is 0 Å². The molecular weight excluding hydrogens is 149 g/mol. The van der Waals surface area contributed by atoms with Crippen LogP contribution in [-0.2, 0) is 9.53 Å². The average molecular weight is 154 g/mol. The van der Waals surface area contributed by atoms with Crippen LogP contribution in [-0.4, -0.2) is 69.5 Å². The number of ether oxygens (including phenoxy) is 1. The van der Waals surface area contributed by atoms with Crippen molar-refractivity contribution in [3.05, 3.63) is 0 Å². The Hall–Kier alpha value is 0.576. The normalized spacial score (nSPS) is 24.3. The van der Waals surface area contributed by atoms with Crippen molar-refractivity contribution in [1.29, 1.82) is 0 Å². The molecule has 0 aromatic carbocycles. The standard InChI is InChI=1S/C4H5NO3.K/c1-2-3(6)5-4(7)8-2;/h2H,1H3,(H,5,6,7);. The van der Waals surface area contributed by atoms with E-state index in [2.05, 4.69) is 4.74 Å². The Morgan fingerprint density at radius 3 is 2.22 bits per heavy atom. The van der Waals surface area contributed by atoms with Gasteiger partial charge in [0.1, 0.15) is 0 Å². The van der Waals surface area contributed by atoms with E-state index in [1.807, 2.05) is 5.32 Å². The van der Waals surface area contributed by atoms with Gasteiger partial charge in [-0.3, -0.25) is 10.1 Å². The molecule has 0 aromatic heterocycles. The van der Waals surface area contributed by atoms with Crippen LogP contribution in [0.15, 0.2) is 0 Å². The maximum Gasteiger partial charge on any atom is 0.414 e. The molecule has 0 aromatic rings. The zero-order valence-corrected chi connectivity index (χ0v) is 8.43. The molecule has 1 N–H and O–H groups in total. The summed E-state index contributed by atoms with van der Waals surface area (Å²) >= 11 is 0. The van der Waals surface area contributed by atoms with Crippen LogP contribution in [0.2, 0.25) is 0 Å². The van der Waals surface area contributed by atoms with E-state index >= 15 is 0 Å². The van der Waals surface area contributed by atoms with E-state index in [-0.39, 0.29) is 57.3 Å². The summed E-state index contributed by atoms with van der Waals surface area (Å²) in [5.74, 6) is -0.366. The van der Waals surface area contributed by atoms with E-state index in [0.29, 0.717) is 0 Å². The molecule has 1 unspecified atom stereocenters. The van der Waals surface area contributed by atoms with Crippen molar-refractivity contribution in [1.82, 2.24) is 5.32 Å². The topological polar surface area (TPSA) is 55.4 Å². The summed E-state index contributed by atoms with van der Waals surface area (Å²) < 4.78 is 4.37. The summed E-state index contributed by atoms with van der Waals surface area (Å²) in [4.78, 5) is 20.4. The number of carbonyl (C=O) groups is 2. The molecule has 1 aliphatic rings. The fraction of sp³-hybridized carbons (Fsp3) is 0.500. The minimum Gasteiger partial charge on any atom is -0.436 e. The molecule has 1 heterocycles. The summed E-state index contributed by atoms with van der Waals surface area (Å²) in [5.41, 5.74) is 0. The molecule has 2 amide bonds. The van der Waals surface area contributed by atoms with Crippen LogP contribution < -0.4 is 5.32 Å². The molecule has 9 heavy (non-hydrogen) atoms. The Balaban J connectivity index is 0.000000640. The van der Waals surface area contributed by atoms with E-state index in [1.54, 1.807) is 0 Å². The smallest absolute Gasteiger partial charge is 0.414 e. The van der Waals surface area contributed by atoms with Gasteiger partial charge in [0.2, 0.25) is 0 Å². The van der Waals surface area contributed by atoms with E-state index in [4.69, 9.17) is 0 Å². The first kappa shape index (κ1) is 9.58. The maximum atomic E-state index is 10.3. The predicted octanol–water partition coefficient (Wildman–Crippen LogP) is -0.740. The SMILES string of the molecule is CC1OC(=O)NC1=O.[K]. The molecule has 5 heteroatoms. The number of amides is 2. The van der Waals surface area contributed by atoms with Crippen LogP contribution >= 0.6 is 0 Å². The van der Waals surface area contributed by atoms with E-state index in [1.165, 1.54) is 6.92 Å². The number of hydrogen-bond acceptors (Lipinski definition) is 3. The fourth-order valence-electron chi connectivity index (χ4n) is 0.446. The summed E-state index contributed by atoms with van der Waals surface area (Å²) in [7, 11) is 0. The zero-order valence-electron chi connectivity index (χ0n) is 5.30. The van der Waals surface area contributed by atoms with E-state index < -0.39 is 12.2 Å². The van der Waals surface area contributed by atoms with Crippen molar-refractivity contribution in [2.45, 2.75) is 13.0 Å². The minimum absolute atomic E-state index is 0. The molecule has 45 valence electrons. The monoisotopic (exact) mass is 154 g/mol. The van der Waals surface area contributed by atoms with Gasteiger partial charge in [-0.25, -0.2) is 4.79 Å². The van der Waals surface area contributed by atoms with Gasteiger partial charge in [0.25, 0.3) is 5.91 Å². The molecule has 0 bridgehead atoms. The van der Waals surface area contributed by atoms with Crippen molar-refractivity contribution in [2.75, 3.05) is 0 Å². The number of cyclic esters (lactones) is 1. The summed E-state index contributed by atoms with van der Waals surface area (Å²) in [6.07, 6.45) is -1.26.